The van der Waals surface area contributed by atoms with E-state index >= 15 is 0 Å². The van der Waals surface area contributed by atoms with Crippen LogP contribution < -0.4 is 9.62 Å². The molecule has 10 heteroatoms. The fraction of sp³-hybridized carbons (Fsp3) is 0.533. The topological polar surface area (TPSA) is 119 Å². The minimum atomic E-state index is -2.87. The van der Waals surface area contributed by atoms with Gasteiger partial charge in [0.05, 0.1) is 10.6 Å². The number of hydrogen-bond donors (Lipinski definition) is 2. The van der Waals surface area contributed by atoms with Crippen LogP contribution in [-0.2, 0) is 15.6 Å². The van der Waals surface area contributed by atoms with Crippen molar-refractivity contribution in [2.24, 2.45) is 0 Å². The summed E-state index contributed by atoms with van der Waals surface area (Å²) in [6.45, 7) is 5.86. The number of anilines is 1. The molecular weight excluding hydrogens is 350 g/mol. The molecule has 0 aliphatic heterocycles. The van der Waals surface area contributed by atoms with Crippen LogP contribution in [-0.4, -0.2) is 38.1 Å². The van der Waals surface area contributed by atoms with Gasteiger partial charge in [-0.1, -0.05) is 0 Å². The van der Waals surface area contributed by atoms with Gasteiger partial charge in [0.15, 0.2) is 0 Å². The number of carbonyl (C=O) groups excluding carboxylic acids is 1. The average molecular weight is 373 g/mol. The molecule has 0 heterocycles. The van der Waals surface area contributed by atoms with E-state index in [-0.39, 0.29) is 12.2 Å². The molecule has 1 N–H and O–H groups in total. The van der Waals surface area contributed by atoms with E-state index in [1.165, 1.54) is 24.3 Å². The maximum atomic E-state index is 11.5. The smallest absolute Gasteiger partial charge is 0.407 e. The summed E-state index contributed by atoms with van der Waals surface area (Å²) in [7, 11) is -2.87. The van der Waals surface area contributed by atoms with Crippen LogP contribution in [0.5, 0.6) is 0 Å². The predicted molar refractivity (Wildman–Crippen MR) is 94.2 cm³/mol. The third-order valence-electron chi connectivity index (χ3n) is 3.02. The van der Waals surface area contributed by atoms with Crippen LogP contribution in [0.4, 0.5) is 16.2 Å². The molecule has 0 aliphatic carbocycles. The van der Waals surface area contributed by atoms with Gasteiger partial charge in [0.25, 0.3) is 5.69 Å². The highest BCUT2D eigenvalue weighted by Crippen LogP contribution is 2.19. The lowest BCUT2D eigenvalue weighted by molar-refractivity contribution is -0.384. The number of thiol groups is 1. The standard InChI is InChI=1S/C15H23N3O6S/c1-15(2,3)24-14(19)16-10-4-5-11-17(25(22)23)12-6-8-13(9-7-12)18(20)21/h6-9,25H,4-5,10-11H2,1-3H3,(H,16,19). The Balaban J connectivity index is 2.47. The lowest BCUT2D eigenvalue weighted by Gasteiger charge is -2.20. The molecule has 0 radical (unpaired) electrons. The highest BCUT2D eigenvalue weighted by Gasteiger charge is 2.15. The van der Waals surface area contributed by atoms with Crippen molar-refractivity contribution in [1.29, 1.82) is 0 Å². The van der Waals surface area contributed by atoms with Gasteiger partial charge in [-0.05, 0) is 45.7 Å². The van der Waals surface area contributed by atoms with Gasteiger partial charge in [-0.2, -0.15) is 0 Å². The molecule has 0 fully saturated rings. The van der Waals surface area contributed by atoms with Crippen molar-refractivity contribution in [1.82, 2.24) is 5.32 Å². The molecule has 0 unspecified atom stereocenters. The maximum Gasteiger partial charge on any atom is 0.407 e. The normalized spacial score (nSPS) is 11.2. The van der Waals surface area contributed by atoms with E-state index < -0.39 is 27.5 Å². The number of benzene rings is 1. The third kappa shape index (κ3) is 7.84. The minimum Gasteiger partial charge on any atom is -0.444 e. The van der Waals surface area contributed by atoms with E-state index in [0.717, 1.165) is 4.31 Å². The predicted octanol–water partition coefficient (Wildman–Crippen LogP) is 2.23. The van der Waals surface area contributed by atoms with Gasteiger partial charge in [-0.25, -0.2) is 13.2 Å². The first kappa shape index (κ1) is 20.7. The minimum absolute atomic E-state index is 0.105. The zero-order chi connectivity index (χ0) is 19.0. The van der Waals surface area contributed by atoms with Crippen LogP contribution in [0.25, 0.3) is 0 Å². The number of carbonyl (C=O) groups is 1. The number of unbranched alkanes of at least 4 members (excludes halogenated alkanes) is 1. The highest BCUT2D eigenvalue weighted by molar-refractivity contribution is 7.74. The van der Waals surface area contributed by atoms with Gasteiger partial charge in [-0.15, -0.1) is 0 Å². The van der Waals surface area contributed by atoms with Crippen molar-refractivity contribution < 1.29 is 22.9 Å². The summed E-state index contributed by atoms with van der Waals surface area (Å²) in [5.41, 5.74) is -0.314. The Labute approximate surface area is 148 Å². The Hall–Kier alpha value is -2.36. The summed E-state index contributed by atoms with van der Waals surface area (Å²) < 4.78 is 29.0. The molecule has 1 aromatic rings. The van der Waals surface area contributed by atoms with Crippen molar-refractivity contribution in [2.75, 3.05) is 17.4 Å². The summed E-state index contributed by atoms with van der Waals surface area (Å²) in [4.78, 5) is 21.6. The van der Waals surface area contributed by atoms with E-state index in [1.54, 1.807) is 20.8 Å². The number of rotatable bonds is 8. The molecule has 1 amide bonds. The number of hydrogen-bond acceptors (Lipinski definition) is 6. The first-order chi connectivity index (χ1) is 11.6. The van der Waals surface area contributed by atoms with Gasteiger partial charge >= 0.3 is 6.09 Å². The zero-order valence-corrected chi connectivity index (χ0v) is 15.3. The van der Waals surface area contributed by atoms with E-state index in [1.807, 2.05) is 0 Å². The molecular formula is C15H23N3O6S. The maximum absolute atomic E-state index is 11.5. The van der Waals surface area contributed by atoms with Crippen molar-refractivity contribution in [3.8, 4) is 0 Å². The first-order valence-electron chi connectivity index (χ1n) is 7.73. The van der Waals surface area contributed by atoms with Crippen LogP contribution in [0.15, 0.2) is 24.3 Å². The number of nitrogens with zero attached hydrogens (tertiary/aromatic N) is 2. The Bertz CT molecular complexity index is 659. The molecule has 0 bridgehead atoms. The second-order valence-electron chi connectivity index (χ2n) is 6.27. The number of ether oxygens (including phenoxy) is 1. The van der Waals surface area contributed by atoms with Gasteiger partial charge in [0, 0.05) is 25.2 Å². The first-order valence-corrected chi connectivity index (χ1v) is 8.86. The third-order valence-corrected chi connectivity index (χ3v) is 3.85. The highest BCUT2D eigenvalue weighted by atomic mass is 32.2. The van der Waals surface area contributed by atoms with E-state index in [2.05, 4.69) is 5.32 Å². The summed E-state index contributed by atoms with van der Waals surface area (Å²) in [5.74, 6) is 0. The van der Waals surface area contributed by atoms with Crippen LogP contribution in [0, 0.1) is 10.1 Å². The molecule has 0 saturated carbocycles. The Morgan fingerprint density at radius 3 is 2.32 bits per heavy atom. The Kier molecular flexibility index (Phi) is 7.62. The number of amides is 1. The SMILES string of the molecule is CC(C)(C)OC(=O)NCCCCN(c1ccc([N+](=O)[O-])cc1)[SH](=O)=O. The van der Waals surface area contributed by atoms with Crippen LogP contribution in [0.1, 0.15) is 33.6 Å². The average Bonchev–Trinajstić information content (AvgIpc) is 2.48. The fourth-order valence-electron chi connectivity index (χ4n) is 1.94. The Morgan fingerprint density at radius 1 is 1.24 bits per heavy atom. The molecule has 0 atom stereocenters. The zero-order valence-electron chi connectivity index (χ0n) is 14.4. The van der Waals surface area contributed by atoms with Crippen molar-refractivity contribution in [3.63, 3.8) is 0 Å². The number of alkyl carbamates (subject to hydrolysis) is 1. The van der Waals surface area contributed by atoms with Crippen molar-refractivity contribution in [2.45, 2.75) is 39.2 Å². The number of nitrogens with one attached hydrogen (secondary N) is 1. The molecule has 0 aliphatic rings. The molecule has 9 nitrogen and oxygen atoms in total. The molecule has 1 rings (SSSR count). The molecule has 0 saturated heterocycles. The molecule has 25 heavy (non-hydrogen) atoms. The van der Waals surface area contributed by atoms with Gasteiger partial charge < -0.3 is 10.1 Å². The monoisotopic (exact) mass is 373 g/mol. The molecule has 0 aromatic heterocycles. The quantitative estimate of drug-likeness (QED) is 0.312. The molecule has 140 valence electrons. The number of non-ortho nitro benzene ring substituents is 1. The summed E-state index contributed by atoms with van der Waals surface area (Å²) in [6.07, 6.45) is 0.553. The van der Waals surface area contributed by atoms with Crippen LogP contribution in [0.3, 0.4) is 0 Å². The number of nitro benzene ring substituents is 1. The van der Waals surface area contributed by atoms with Gasteiger partial charge in [0.1, 0.15) is 5.60 Å². The lowest BCUT2D eigenvalue weighted by Crippen LogP contribution is -2.33. The fourth-order valence-corrected chi connectivity index (χ4v) is 2.57. The van der Waals surface area contributed by atoms with Gasteiger partial charge in [-0.3, -0.25) is 14.4 Å². The van der Waals surface area contributed by atoms with E-state index in [9.17, 15) is 23.3 Å². The second kappa shape index (κ2) is 9.21. The lowest BCUT2D eigenvalue weighted by atomic mass is 10.2. The largest absolute Gasteiger partial charge is 0.444 e. The van der Waals surface area contributed by atoms with Crippen LogP contribution >= 0.6 is 0 Å². The second-order valence-corrected chi connectivity index (χ2v) is 7.23. The van der Waals surface area contributed by atoms with E-state index in [4.69, 9.17) is 4.74 Å². The summed E-state index contributed by atoms with van der Waals surface area (Å²) in [5, 5.41) is 13.2. The van der Waals surface area contributed by atoms with Crippen LogP contribution in [0.2, 0.25) is 0 Å². The van der Waals surface area contributed by atoms with E-state index in [0.29, 0.717) is 25.1 Å². The van der Waals surface area contributed by atoms with Gasteiger partial charge in [0.2, 0.25) is 10.9 Å². The summed E-state index contributed by atoms with van der Waals surface area (Å²) in [6, 6.07) is 5.29. The van der Waals surface area contributed by atoms with Crippen molar-refractivity contribution in [3.05, 3.63) is 34.4 Å². The molecule has 0 spiro atoms. The summed E-state index contributed by atoms with van der Waals surface area (Å²) >= 11 is 0. The molecule has 1 aromatic carbocycles. The van der Waals surface area contributed by atoms with Crippen molar-refractivity contribution >= 4 is 28.4 Å². The Morgan fingerprint density at radius 2 is 1.84 bits per heavy atom. The number of nitro groups is 1.